The third-order valence-electron chi connectivity index (χ3n) is 3.58. The van der Waals surface area contributed by atoms with E-state index in [4.69, 9.17) is 0 Å². The Bertz CT molecular complexity index is 391. The summed E-state index contributed by atoms with van der Waals surface area (Å²) in [7, 11) is 0. The number of hydrogen-bond acceptors (Lipinski definition) is 2. The van der Waals surface area contributed by atoms with E-state index in [1.165, 1.54) is 0 Å². The van der Waals surface area contributed by atoms with Gasteiger partial charge in [-0.1, -0.05) is 0 Å². The lowest BCUT2D eigenvalue weighted by atomic mass is 9.98. The largest absolute Gasteiger partial charge is 0.350 e. The van der Waals surface area contributed by atoms with E-state index in [2.05, 4.69) is 24.5 Å². The van der Waals surface area contributed by atoms with Crippen molar-refractivity contribution >= 4 is 5.91 Å². The van der Waals surface area contributed by atoms with Gasteiger partial charge in [0.15, 0.2) is 0 Å². The summed E-state index contributed by atoms with van der Waals surface area (Å²) in [6.07, 6.45) is 4.28. The molecule has 1 aliphatic rings. The number of rotatable bonds is 4. The predicted octanol–water partition coefficient (Wildman–Crippen LogP) is 1.80. The van der Waals surface area contributed by atoms with Crippen LogP contribution in [-0.4, -0.2) is 30.1 Å². The first-order chi connectivity index (χ1) is 8.68. The van der Waals surface area contributed by atoms with Gasteiger partial charge in [0, 0.05) is 18.8 Å². The molecule has 100 valence electrons. The van der Waals surface area contributed by atoms with Crippen molar-refractivity contribution in [3.05, 3.63) is 24.0 Å². The molecular weight excluding hydrogens is 226 g/mol. The fourth-order valence-corrected chi connectivity index (χ4v) is 2.45. The number of hydrogen-bond donors (Lipinski definition) is 2. The average molecular weight is 249 g/mol. The molecule has 1 fully saturated rings. The zero-order chi connectivity index (χ0) is 13.0. The predicted molar refractivity (Wildman–Crippen MR) is 72.7 cm³/mol. The summed E-state index contributed by atoms with van der Waals surface area (Å²) < 4.78 is 2.01. The van der Waals surface area contributed by atoms with Crippen LogP contribution < -0.4 is 10.6 Å². The van der Waals surface area contributed by atoms with Crippen molar-refractivity contribution in [2.24, 2.45) is 5.92 Å². The molecule has 0 bridgehead atoms. The molecule has 0 aliphatic carbocycles. The van der Waals surface area contributed by atoms with E-state index >= 15 is 0 Å². The van der Waals surface area contributed by atoms with Gasteiger partial charge in [0.1, 0.15) is 5.69 Å². The van der Waals surface area contributed by atoms with Crippen LogP contribution in [0.3, 0.4) is 0 Å². The van der Waals surface area contributed by atoms with Gasteiger partial charge < -0.3 is 15.2 Å². The number of carbonyl (C=O) groups excluding carboxylic acids is 1. The van der Waals surface area contributed by atoms with Gasteiger partial charge in [0.25, 0.3) is 5.91 Å². The Morgan fingerprint density at radius 2 is 2.22 bits per heavy atom. The molecule has 0 atom stereocenters. The zero-order valence-corrected chi connectivity index (χ0v) is 11.3. The van der Waals surface area contributed by atoms with Crippen LogP contribution in [0.2, 0.25) is 0 Å². The molecule has 1 saturated heterocycles. The molecule has 0 aromatic carbocycles. The minimum absolute atomic E-state index is 0.0484. The fourth-order valence-electron chi connectivity index (χ4n) is 2.45. The molecule has 18 heavy (non-hydrogen) atoms. The van der Waals surface area contributed by atoms with Gasteiger partial charge in [-0.25, -0.2) is 0 Å². The van der Waals surface area contributed by atoms with Crippen LogP contribution in [0.1, 0.15) is 43.2 Å². The Kier molecular flexibility index (Phi) is 4.42. The molecule has 1 amide bonds. The topological polar surface area (TPSA) is 46.1 Å². The molecule has 1 aromatic rings. The Hall–Kier alpha value is -1.29. The first kappa shape index (κ1) is 13.1. The Balaban J connectivity index is 1.89. The van der Waals surface area contributed by atoms with Crippen molar-refractivity contribution < 1.29 is 4.79 Å². The molecule has 0 radical (unpaired) electrons. The molecule has 0 unspecified atom stereocenters. The molecule has 4 nitrogen and oxygen atoms in total. The number of aromatic nitrogens is 1. The van der Waals surface area contributed by atoms with E-state index in [1.807, 2.05) is 22.9 Å². The van der Waals surface area contributed by atoms with Crippen molar-refractivity contribution in [3.63, 3.8) is 0 Å². The van der Waals surface area contributed by atoms with E-state index < -0.39 is 0 Å². The fraction of sp³-hybridized carbons (Fsp3) is 0.643. The van der Waals surface area contributed by atoms with Crippen LogP contribution in [0.25, 0.3) is 0 Å². The van der Waals surface area contributed by atoms with Crippen LogP contribution >= 0.6 is 0 Å². The molecule has 1 aromatic heterocycles. The smallest absolute Gasteiger partial charge is 0.267 e. The van der Waals surface area contributed by atoms with Gasteiger partial charge >= 0.3 is 0 Å². The lowest BCUT2D eigenvalue weighted by Crippen LogP contribution is -2.36. The SMILES string of the molecule is CC(C)n1cccc1C(=O)NCC1CCNCC1. The van der Waals surface area contributed by atoms with E-state index in [0.29, 0.717) is 12.0 Å². The maximum absolute atomic E-state index is 12.1. The number of nitrogens with one attached hydrogen (secondary N) is 2. The van der Waals surface area contributed by atoms with Crippen molar-refractivity contribution in [2.45, 2.75) is 32.7 Å². The third-order valence-corrected chi connectivity index (χ3v) is 3.58. The van der Waals surface area contributed by atoms with Crippen LogP contribution in [0.4, 0.5) is 0 Å². The van der Waals surface area contributed by atoms with Gasteiger partial charge in [0.2, 0.25) is 0 Å². The van der Waals surface area contributed by atoms with Gasteiger partial charge in [-0.3, -0.25) is 4.79 Å². The highest BCUT2D eigenvalue weighted by Gasteiger charge is 2.16. The number of carbonyl (C=O) groups is 1. The summed E-state index contributed by atoms with van der Waals surface area (Å²) in [6, 6.07) is 4.14. The molecule has 2 N–H and O–H groups in total. The van der Waals surface area contributed by atoms with Crippen molar-refractivity contribution in [1.29, 1.82) is 0 Å². The average Bonchev–Trinajstić information content (AvgIpc) is 2.86. The zero-order valence-electron chi connectivity index (χ0n) is 11.3. The Morgan fingerprint density at radius 1 is 1.50 bits per heavy atom. The minimum Gasteiger partial charge on any atom is -0.350 e. The second-order valence-electron chi connectivity index (χ2n) is 5.30. The highest BCUT2D eigenvalue weighted by molar-refractivity contribution is 5.92. The van der Waals surface area contributed by atoms with Crippen molar-refractivity contribution in [1.82, 2.24) is 15.2 Å². The van der Waals surface area contributed by atoms with E-state index in [-0.39, 0.29) is 5.91 Å². The van der Waals surface area contributed by atoms with Crippen LogP contribution in [0, 0.1) is 5.92 Å². The highest BCUT2D eigenvalue weighted by atomic mass is 16.1. The lowest BCUT2D eigenvalue weighted by Gasteiger charge is -2.23. The monoisotopic (exact) mass is 249 g/mol. The molecule has 0 spiro atoms. The summed E-state index contributed by atoms with van der Waals surface area (Å²) in [5.74, 6) is 0.671. The number of piperidine rings is 1. The number of nitrogens with zero attached hydrogens (tertiary/aromatic N) is 1. The van der Waals surface area contributed by atoms with Crippen LogP contribution in [0.15, 0.2) is 18.3 Å². The second-order valence-corrected chi connectivity index (χ2v) is 5.30. The lowest BCUT2D eigenvalue weighted by molar-refractivity contribution is 0.0933. The first-order valence-electron chi connectivity index (χ1n) is 6.84. The van der Waals surface area contributed by atoms with Gasteiger partial charge in [-0.05, 0) is 57.8 Å². The number of amides is 1. The molecule has 0 saturated carbocycles. The maximum atomic E-state index is 12.1. The second kappa shape index (κ2) is 6.05. The van der Waals surface area contributed by atoms with Gasteiger partial charge in [-0.15, -0.1) is 0 Å². The van der Waals surface area contributed by atoms with E-state index in [0.717, 1.165) is 38.2 Å². The highest BCUT2D eigenvalue weighted by Crippen LogP contribution is 2.12. The van der Waals surface area contributed by atoms with Crippen LogP contribution in [-0.2, 0) is 0 Å². The molecule has 4 heteroatoms. The van der Waals surface area contributed by atoms with Crippen molar-refractivity contribution in [2.75, 3.05) is 19.6 Å². The quantitative estimate of drug-likeness (QED) is 0.854. The normalized spacial score (nSPS) is 17.1. The Morgan fingerprint density at radius 3 is 2.89 bits per heavy atom. The Labute approximate surface area is 109 Å². The summed E-state index contributed by atoms with van der Waals surface area (Å²) in [4.78, 5) is 12.1. The van der Waals surface area contributed by atoms with E-state index in [9.17, 15) is 4.79 Å². The molecule has 2 rings (SSSR count). The van der Waals surface area contributed by atoms with Crippen LogP contribution in [0.5, 0.6) is 0 Å². The summed E-state index contributed by atoms with van der Waals surface area (Å²) >= 11 is 0. The van der Waals surface area contributed by atoms with Crippen molar-refractivity contribution in [3.8, 4) is 0 Å². The molecular formula is C14H23N3O. The summed E-state index contributed by atoms with van der Waals surface area (Å²) in [5.41, 5.74) is 0.763. The van der Waals surface area contributed by atoms with Gasteiger partial charge in [-0.2, -0.15) is 0 Å². The van der Waals surface area contributed by atoms with E-state index in [1.54, 1.807) is 0 Å². The third kappa shape index (κ3) is 3.13. The molecule has 1 aliphatic heterocycles. The minimum atomic E-state index is 0.0484. The maximum Gasteiger partial charge on any atom is 0.267 e. The molecule has 2 heterocycles. The van der Waals surface area contributed by atoms with Gasteiger partial charge in [0.05, 0.1) is 0 Å². The summed E-state index contributed by atoms with van der Waals surface area (Å²) in [5, 5.41) is 6.40. The standard InChI is InChI=1S/C14H23N3O/c1-11(2)17-9-3-4-13(17)14(18)16-10-12-5-7-15-8-6-12/h3-4,9,11-12,15H,5-8,10H2,1-2H3,(H,16,18). The first-order valence-corrected chi connectivity index (χ1v) is 6.84. The summed E-state index contributed by atoms with van der Waals surface area (Å²) in [6.45, 7) is 7.11.